The molecule has 0 fully saturated rings. The molecule has 1 atom stereocenters. The molecule has 2 aromatic carbocycles. The minimum atomic E-state index is -0.101. The maximum Gasteiger partial charge on any atom is 0.148 e. The number of hydrogen-bond donors (Lipinski definition) is 1. The average molecular weight is 420 g/mol. The van der Waals surface area contributed by atoms with Crippen molar-refractivity contribution < 1.29 is 14.6 Å². The lowest BCUT2D eigenvalue weighted by atomic mass is 10.2. The van der Waals surface area contributed by atoms with Crippen LogP contribution in [0.1, 0.15) is 6.92 Å². The van der Waals surface area contributed by atoms with Crippen LogP contribution in [0.3, 0.4) is 0 Å². The van der Waals surface area contributed by atoms with Crippen LogP contribution in [-0.2, 0) is 9.53 Å². The Morgan fingerprint density at radius 1 is 1.36 bits per heavy atom. The van der Waals surface area contributed by atoms with E-state index in [0.717, 1.165) is 11.4 Å². The molecule has 0 amide bonds. The zero-order chi connectivity index (χ0) is 18.0. The molecule has 2 aromatic rings. The van der Waals surface area contributed by atoms with E-state index in [2.05, 4.69) is 33.0 Å². The summed E-state index contributed by atoms with van der Waals surface area (Å²) in [7, 11) is 1.97. The van der Waals surface area contributed by atoms with Gasteiger partial charge in [0.05, 0.1) is 28.0 Å². The summed E-state index contributed by atoms with van der Waals surface area (Å²) in [5.41, 5.74) is 0.852. The molecule has 4 nitrogen and oxygen atoms in total. The molecule has 0 aliphatic carbocycles. The van der Waals surface area contributed by atoms with Crippen LogP contribution in [0.4, 0.5) is 5.69 Å². The van der Waals surface area contributed by atoms with Gasteiger partial charge in [-0.1, -0.05) is 18.2 Å². The second kappa shape index (κ2) is 7.56. The predicted octanol–water partition coefficient (Wildman–Crippen LogP) is 2.41. The van der Waals surface area contributed by atoms with Gasteiger partial charge in [0.25, 0.3) is 0 Å². The molecule has 1 unspecified atom stereocenters. The number of carbonyl (C=O) groups excluding carboxylic acids is 1. The van der Waals surface area contributed by atoms with Crippen molar-refractivity contribution in [3.8, 4) is 5.75 Å². The molecule has 1 aliphatic rings. The van der Waals surface area contributed by atoms with E-state index in [4.69, 9.17) is 4.74 Å². The van der Waals surface area contributed by atoms with Crippen LogP contribution in [0.15, 0.2) is 45.8 Å². The summed E-state index contributed by atoms with van der Waals surface area (Å²) >= 11 is 5.04. The number of aromatic hydroxyl groups is 1. The molecule has 1 N–H and O–H groups in total. The number of rotatable bonds is 5. The average Bonchev–Trinajstić information content (AvgIpc) is 2.87. The summed E-state index contributed by atoms with van der Waals surface area (Å²) in [5, 5.41) is 11.0. The highest BCUT2D eigenvalue weighted by Gasteiger charge is 2.32. The summed E-state index contributed by atoms with van der Waals surface area (Å²) in [6.45, 7) is 2.40. The van der Waals surface area contributed by atoms with Crippen molar-refractivity contribution in [3.63, 3.8) is 0 Å². The summed E-state index contributed by atoms with van der Waals surface area (Å²) in [4.78, 5) is 14.7. The fourth-order valence-corrected chi connectivity index (χ4v) is 4.46. The molecule has 0 spiro atoms. The normalized spacial score (nSPS) is 15.9. The minimum Gasteiger partial charge on any atom is -0.505 e. The van der Waals surface area contributed by atoms with Gasteiger partial charge >= 0.3 is 0 Å². The van der Waals surface area contributed by atoms with E-state index in [1.807, 2.05) is 44.2 Å². The van der Waals surface area contributed by atoms with Gasteiger partial charge < -0.3 is 14.7 Å². The maximum absolute atomic E-state index is 11.5. The van der Waals surface area contributed by atoms with Crippen molar-refractivity contribution in [2.75, 3.05) is 24.3 Å². The first kappa shape index (κ1) is 17.9. The van der Waals surface area contributed by atoms with Gasteiger partial charge in [-0.15, -0.1) is 11.8 Å². The zero-order valence-corrected chi connectivity index (χ0v) is 16.4. The van der Waals surface area contributed by atoms with Gasteiger partial charge in [-0.3, -0.25) is 0 Å². The molecule has 0 saturated heterocycles. The van der Waals surface area contributed by atoms with Gasteiger partial charge in [-0.05, 0) is 41.1 Å². The Bertz CT molecular complexity index is 926. The second-order valence-corrected chi connectivity index (χ2v) is 7.57. The summed E-state index contributed by atoms with van der Waals surface area (Å²) in [6.07, 6.45) is 0. The Labute approximate surface area is 158 Å². The van der Waals surface area contributed by atoms with Gasteiger partial charge in [0.2, 0.25) is 0 Å². The topological polar surface area (TPSA) is 49.8 Å². The highest BCUT2D eigenvalue weighted by molar-refractivity contribution is 9.10. The summed E-state index contributed by atoms with van der Waals surface area (Å²) in [5.74, 6) is 3.25. The first-order valence-corrected chi connectivity index (χ1v) is 9.70. The highest BCUT2D eigenvalue weighted by Crippen LogP contribution is 2.32. The van der Waals surface area contributed by atoms with Crippen molar-refractivity contribution >= 4 is 45.1 Å². The molecular formula is C19H18BrNO3S. The summed E-state index contributed by atoms with van der Waals surface area (Å²) in [6, 6.07) is 11.9. The van der Waals surface area contributed by atoms with Crippen molar-refractivity contribution in [1.82, 2.24) is 0 Å². The van der Waals surface area contributed by atoms with Crippen LogP contribution in [0, 0.1) is 0 Å². The number of ether oxygens (including phenoxy) is 1. The number of benzene rings is 2. The molecule has 0 saturated carbocycles. The lowest BCUT2D eigenvalue weighted by Crippen LogP contribution is -2.31. The van der Waals surface area contributed by atoms with Gasteiger partial charge in [-0.25, -0.2) is 4.79 Å². The third-order valence-electron chi connectivity index (χ3n) is 4.18. The lowest BCUT2D eigenvalue weighted by Gasteiger charge is -2.25. The lowest BCUT2D eigenvalue weighted by molar-refractivity contribution is 0.278. The molecular weight excluding hydrogens is 402 g/mol. The van der Waals surface area contributed by atoms with E-state index < -0.39 is 0 Å². The number of phenols is 1. The largest absolute Gasteiger partial charge is 0.505 e. The first-order valence-electron chi connectivity index (χ1n) is 7.92. The molecule has 3 rings (SSSR count). The minimum absolute atomic E-state index is 0.0269. The van der Waals surface area contributed by atoms with E-state index in [9.17, 15) is 9.90 Å². The van der Waals surface area contributed by atoms with E-state index in [1.165, 1.54) is 4.90 Å². The molecule has 130 valence electrons. The number of thioether (sulfide) groups is 1. The standard InChI is InChI=1S/C19H18BrNO3S/c1-3-24-19-16(11-25-12-7-5-4-6-8-12)21(2)15-9-14(20)18(23)13(10-22)17(15)19/h4-9,16,23H,3,11H2,1-2H3. The fourth-order valence-electron chi connectivity index (χ4n) is 2.97. The fraction of sp³-hybridized carbons (Fsp3) is 0.263. The number of anilines is 1. The van der Waals surface area contributed by atoms with Crippen LogP contribution in [0.5, 0.6) is 5.75 Å². The van der Waals surface area contributed by atoms with Gasteiger partial charge in [0.15, 0.2) is 0 Å². The second-order valence-electron chi connectivity index (χ2n) is 5.63. The molecule has 0 radical (unpaired) electrons. The monoisotopic (exact) mass is 419 g/mol. The third kappa shape index (κ3) is 3.30. The first-order chi connectivity index (χ1) is 12.1. The quantitative estimate of drug-likeness (QED) is 0.754. The Morgan fingerprint density at radius 2 is 2.08 bits per heavy atom. The van der Waals surface area contributed by atoms with E-state index in [-0.39, 0.29) is 17.0 Å². The number of likely N-dealkylation sites (N-methyl/N-ethyl adjacent to an activating group) is 1. The highest BCUT2D eigenvalue weighted by atomic mass is 79.9. The van der Waals surface area contributed by atoms with Gasteiger partial charge in [-0.2, -0.15) is 0 Å². The van der Waals surface area contributed by atoms with E-state index in [0.29, 0.717) is 22.1 Å². The van der Waals surface area contributed by atoms with Crippen LogP contribution in [0.25, 0.3) is 5.76 Å². The Morgan fingerprint density at radius 3 is 2.72 bits per heavy atom. The van der Waals surface area contributed by atoms with Crippen molar-refractivity contribution in [1.29, 1.82) is 0 Å². The Kier molecular flexibility index (Phi) is 5.42. The summed E-state index contributed by atoms with van der Waals surface area (Å²) < 4.78 is 6.37. The van der Waals surface area contributed by atoms with Crippen LogP contribution in [-0.4, -0.2) is 36.5 Å². The maximum atomic E-state index is 11.5. The molecule has 1 aliphatic heterocycles. The SMILES string of the molecule is CCOC1=c2c(cc(Br)c(O)c2=C=O)N(C)C1CSc1ccccc1. The number of halogens is 1. The van der Waals surface area contributed by atoms with E-state index >= 15 is 0 Å². The molecule has 1 heterocycles. The smallest absolute Gasteiger partial charge is 0.148 e. The molecule has 0 bridgehead atoms. The number of phenolic OH excluding ortho intramolecular Hbond substituents is 1. The van der Waals surface area contributed by atoms with Crippen LogP contribution < -0.4 is 15.3 Å². The van der Waals surface area contributed by atoms with Crippen molar-refractivity contribution in [2.45, 2.75) is 17.9 Å². The molecule has 25 heavy (non-hydrogen) atoms. The van der Waals surface area contributed by atoms with Gasteiger partial charge in [0.1, 0.15) is 22.7 Å². The van der Waals surface area contributed by atoms with Crippen LogP contribution in [0.2, 0.25) is 0 Å². The molecule has 0 aromatic heterocycles. The Hall–Kier alpha value is -1.88. The number of fused-ring (bicyclic) bond motifs is 1. The molecule has 6 heteroatoms. The van der Waals surface area contributed by atoms with Gasteiger partial charge in [0, 0.05) is 17.7 Å². The number of hydrogen-bond acceptors (Lipinski definition) is 5. The van der Waals surface area contributed by atoms with E-state index in [1.54, 1.807) is 11.8 Å². The zero-order valence-electron chi connectivity index (χ0n) is 14.0. The Balaban J connectivity index is 2.08. The predicted molar refractivity (Wildman–Crippen MR) is 104 cm³/mol. The van der Waals surface area contributed by atoms with Crippen molar-refractivity contribution in [2.24, 2.45) is 0 Å². The van der Waals surface area contributed by atoms with Crippen molar-refractivity contribution in [3.05, 3.63) is 51.3 Å². The number of nitrogens with zero attached hydrogens (tertiary/aromatic N) is 1. The third-order valence-corrected chi connectivity index (χ3v) is 5.87. The van der Waals surface area contributed by atoms with Crippen LogP contribution >= 0.6 is 27.7 Å².